The number of ether oxygens (including phenoxy) is 2. The summed E-state index contributed by atoms with van der Waals surface area (Å²) in [5.74, 6) is -0.755. The minimum Gasteiger partial charge on any atom is -0.507 e. The number of fused-ring (bicyclic) bond motifs is 3. The first-order valence-electron chi connectivity index (χ1n) is 9.58. The van der Waals surface area contributed by atoms with Gasteiger partial charge in [-0.3, -0.25) is 9.59 Å². The van der Waals surface area contributed by atoms with E-state index >= 15 is 0 Å². The summed E-state index contributed by atoms with van der Waals surface area (Å²) in [6.45, 7) is 4.42. The van der Waals surface area contributed by atoms with Gasteiger partial charge >= 0.3 is 5.97 Å². The van der Waals surface area contributed by atoms with Gasteiger partial charge in [-0.25, -0.2) is 0 Å². The Morgan fingerprint density at radius 1 is 1.23 bits per heavy atom. The molecule has 0 saturated carbocycles. The van der Waals surface area contributed by atoms with E-state index in [-0.39, 0.29) is 23.3 Å². The fraction of sp³-hybridized carbons (Fsp3) is 0.304. The summed E-state index contributed by atoms with van der Waals surface area (Å²) in [5.41, 5.74) is -0.467. The summed E-state index contributed by atoms with van der Waals surface area (Å²) in [5, 5.41) is 21.1. The number of aliphatic hydroxyl groups is 1. The van der Waals surface area contributed by atoms with E-state index in [1.54, 1.807) is 12.1 Å². The predicted octanol–water partition coefficient (Wildman–Crippen LogP) is 3.34. The van der Waals surface area contributed by atoms with E-state index in [4.69, 9.17) is 13.9 Å². The molecule has 2 aromatic carbocycles. The molecule has 1 aliphatic heterocycles. The van der Waals surface area contributed by atoms with Gasteiger partial charge in [0.15, 0.2) is 5.43 Å². The highest BCUT2D eigenvalue weighted by molar-refractivity contribution is 5.90. The van der Waals surface area contributed by atoms with Crippen LogP contribution in [0.2, 0.25) is 0 Å². The topological polar surface area (TPSA) is 106 Å². The van der Waals surface area contributed by atoms with Crippen LogP contribution < -0.4 is 10.2 Å². The Kier molecular flexibility index (Phi) is 4.78. The third kappa shape index (κ3) is 3.41. The molecular weight excluding hydrogens is 388 g/mol. The molecule has 1 aliphatic rings. The number of hydrogen-bond donors (Lipinski definition) is 2. The zero-order valence-electron chi connectivity index (χ0n) is 16.8. The molecule has 4 rings (SSSR count). The largest absolute Gasteiger partial charge is 0.507 e. The van der Waals surface area contributed by atoms with E-state index in [2.05, 4.69) is 0 Å². The quantitative estimate of drug-likeness (QED) is 0.635. The molecule has 0 aliphatic carbocycles. The molecule has 0 radical (unpaired) electrons. The number of benzene rings is 2. The average molecular weight is 410 g/mol. The van der Waals surface area contributed by atoms with Gasteiger partial charge in [-0.2, -0.15) is 0 Å². The van der Waals surface area contributed by atoms with E-state index in [9.17, 15) is 19.8 Å². The van der Waals surface area contributed by atoms with Crippen LogP contribution in [-0.4, -0.2) is 34.5 Å². The van der Waals surface area contributed by atoms with Crippen molar-refractivity contribution in [3.8, 4) is 22.8 Å². The number of rotatable bonds is 4. The number of phenols is 1. The maximum absolute atomic E-state index is 12.8. The van der Waals surface area contributed by atoms with Crippen molar-refractivity contribution in [2.45, 2.75) is 38.4 Å². The van der Waals surface area contributed by atoms with Crippen LogP contribution >= 0.6 is 0 Å². The third-order valence-electron chi connectivity index (χ3n) is 5.18. The normalized spacial score (nSPS) is 16.7. The van der Waals surface area contributed by atoms with Crippen molar-refractivity contribution < 1.29 is 28.9 Å². The first-order chi connectivity index (χ1) is 14.2. The molecular formula is C23H22O7. The van der Waals surface area contributed by atoms with E-state index in [1.807, 2.05) is 18.2 Å². The van der Waals surface area contributed by atoms with Crippen LogP contribution in [0.25, 0.3) is 22.3 Å². The molecule has 2 N–H and O–H groups in total. The van der Waals surface area contributed by atoms with Gasteiger partial charge < -0.3 is 24.1 Å². The Balaban J connectivity index is 1.98. The van der Waals surface area contributed by atoms with Gasteiger partial charge in [-0.05, 0) is 13.8 Å². The summed E-state index contributed by atoms with van der Waals surface area (Å²) in [4.78, 5) is 24.5. The molecule has 30 heavy (non-hydrogen) atoms. The van der Waals surface area contributed by atoms with Crippen LogP contribution in [0.1, 0.15) is 32.3 Å². The monoisotopic (exact) mass is 410 g/mol. The molecule has 0 unspecified atom stereocenters. The standard InChI is InChI=1S/C23H22O7/c1-12(24)29-22(23(2,3)27)14-11-28-18-10-16(26)20-15(25)9-17(30-21(20)19(14)18)13-7-5-4-6-8-13/h4-10,14,22,26-27H,11H2,1-3H3/t14-,22+/m1/s1. The van der Waals surface area contributed by atoms with Gasteiger partial charge in [0.1, 0.15) is 34.3 Å². The Morgan fingerprint density at radius 2 is 1.93 bits per heavy atom. The second kappa shape index (κ2) is 7.18. The van der Waals surface area contributed by atoms with Crippen LogP contribution in [0.15, 0.2) is 51.7 Å². The molecule has 0 spiro atoms. The van der Waals surface area contributed by atoms with Gasteiger partial charge in [-0.15, -0.1) is 0 Å². The van der Waals surface area contributed by atoms with Crippen molar-refractivity contribution in [1.29, 1.82) is 0 Å². The molecule has 3 aromatic rings. The molecule has 156 valence electrons. The highest BCUT2D eigenvalue weighted by Crippen LogP contribution is 2.46. The van der Waals surface area contributed by atoms with Crippen LogP contribution in [0.5, 0.6) is 11.5 Å². The molecule has 0 saturated heterocycles. The van der Waals surface area contributed by atoms with Gasteiger partial charge in [0, 0.05) is 30.2 Å². The maximum Gasteiger partial charge on any atom is 0.303 e. The lowest BCUT2D eigenvalue weighted by Crippen LogP contribution is -2.44. The number of phenolic OH excluding ortho intramolecular Hbond substituents is 1. The Hall–Kier alpha value is -3.32. The fourth-order valence-corrected chi connectivity index (χ4v) is 3.93. The molecule has 7 heteroatoms. The van der Waals surface area contributed by atoms with Crippen LogP contribution in [0.3, 0.4) is 0 Å². The molecule has 0 amide bonds. The van der Waals surface area contributed by atoms with Gasteiger partial charge in [0.25, 0.3) is 0 Å². The van der Waals surface area contributed by atoms with E-state index in [1.165, 1.54) is 32.9 Å². The lowest BCUT2D eigenvalue weighted by atomic mass is 9.85. The number of carbonyl (C=O) groups excluding carboxylic acids is 1. The van der Waals surface area contributed by atoms with E-state index in [0.717, 1.165) is 0 Å². The summed E-state index contributed by atoms with van der Waals surface area (Å²) in [6.07, 6.45) is -0.949. The Bertz CT molecular complexity index is 1170. The first-order valence-corrected chi connectivity index (χ1v) is 9.58. The van der Waals surface area contributed by atoms with Gasteiger partial charge in [0.05, 0.1) is 18.1 Å². The van der Waals surface area contributed by atoms with Crippen molar-refractivity contribution in [3.05, 3.63) is 58.3 Å². The highest BCUT2D eigenvalue weighted by Gasteiger charge is 2.44. The van der Waals surface area contributed by atoms with E-state index < -0.39 is 29.0 Å². The zero-order valence-corrected chi connectivity index (χ0v) is 16.8. The fourth-order valence-electron chi connectivity index (χ4n) is 3.93. The summed E-state index contributed by atoms with van der Waals surface area (Å²) in [6, 6.07) is 11.8. The molecule has 0 fully saturated rings. The minimum atomic E-state index is -1.39. The molecule has 0 bridgehead atoms. The van der Waals surface area contributed by atoms with Crippen molar-refractivity contribution >= 4 is 16.9 Å². The predicted molar refractivity (Wildman–Crippen MR) is 110 cm³/mol. The molecule has 2 atom stereocenters. The molecule has 1 aromatic heterocycles. The molecule has 7 nitrogen and oxygen atoms in total. The average Bonchev–Trinajstić information content (AvgIpc) is 3.08. The first kappa shape index (κ1) is 20.0. The SMILES string of the molecule is CC(=O)O[C@@H]([C@@H]1COc2cc(O)c3c(=O)cc(-c4ccccc4)oc3c21)C(C)(C)O. The zero-order chi connectivity index (χ0) is 21.6. The summed E-state index contributed by atoms with van der Waals surface area (Å²) < 4.78 is 17.2. The van der Waals surface area contributed by atoms with Crippen LogP contribution in [-0.2, 0) is 9.53 Å². The number of esters is 1. The van der Waals surface area contributed by atoms with Crippen molar-refractivity contribution in [3.63, 3.8) is 0 Å². The summed E-state index contributed by atoms with van der Waals surface area (Å²) >= 11 is 0. The summed E-state index contributed by atoms with van der Waals surface area (Å²) in [7, 11) is 0. The number of carbonyl (C=O) groups is 1. The van der Waals surface area contributed by atoms with Crippen molar-refractivity contribution in [2.75, 3.05) is 6.61 Å². The van der Waals surface area contributed by atoms with Crippen molar-refractivity contribution in [1.82, 2.24) is 0 Å². The Labute approximate surface area is 172 Å². The number of aromatic hydroxyl groups is 1. The van der Waals surface area contributed by atoms with E-state index in [0.29, 0.717) is 22.6 Å². The second-order valence-corrected chi connectivity index (χ2v) is 7.95. The lowest BCUT2D eigenvalue weighted by molar-refractivity contribution is -0.162. The van der Waals surface area contributed by atoms with Crippen LogP contribution in [0, 0.1) is 0 Å². The van der Waals surface area contributed by atoms with Crippen molar-refractivity contribution in [2.24, 2.45) is 0 Å². The smallest absolute Gasteiger partial charge is 0.303 e. The maximum atomic E-state index is 12.8. The third-order valence-corrected chi connectivity index (χ3v) is 5.18. The highest BCUT2D eigenvalue weighted by atomic mass is 16.6. The van der Waals surface area contributed by atoms with Gasteiger partial charge in [0.2, 0.25) is 0 Å². The Morgan fingerprint density at radius 3 is 2.57 bits per heavy atom. The number of hydrogen-bond acceptors (Lipinski definition) is 7. The second-order valence-electron chi connectivity index (χ2n) is 7.95. The van der Waals surface area contributed by atoms with Gasteiger partial charge in [-0.1, -0.05) is 30.3 Å². The van der Waals surface area contributed by atoms with Crippen LogP contribution in [0.4, 0.5) is 0 Å². The molecule has 2 heterocycles. The minimum absolute atomic E-state index is 0.0150. The lowest BCUT2D eigenvalue weighted by Gasteiger charge is -2.32.